The second-order valence-corrected chi connectivity index (χ2v) is 4.18. The maximum absolute atomic E-state index is 11.6. The Labute approximate surface area is 79.4 Å². The van der Waals surface area contributed by atoms with Crippen molar-refractivity contribution in [3.63, 3.8) is 0 Å². The molecule has 2 aliphatic carbocycles. The Morgan fingerprint density at radius 3 is 2.85 bits per heavy atom. The normalized spacial score (nSPS) is 35.3. The van der Waals surface area contributed by atoms with Gasteiger partial charge >= 0.3 is 0 Å². The molecule has 0 aromatic heterocycles. The van der Waals surface area contributed by atoms with Crippen LogP contribution in [0.5, 0.6) is 0 Å². The first kappa shape index (κ1) is 8.79. The van der Waals surface area contributed by atoms with Crippen molar-refractivity contribution in [2.24, 2.45) is 17.8 Å². The number of carbonyl (C=O) groups excluding carboxylic acids is 1. The Hall–Kier alpha value is -0.790. The summed E-state index contributed by atoms with van der Waals surface area (Å²) < 4.78 is 0. The van der Waals surface area contributed by atoms with Gasteiger partial charge in [-0.25, -0.2) is 0 Å². The van der Waals surface area contributed by atoms with Crippen molar-refractivity contribution in [2.45, 2.75) is 26.2 Å². The topological polar surface area (TPSA) is 29.1 Å². The molecule has 0 aliphatic heterocycles. The van der Waals surface area contributed by atoms with Gasteiger partial charge in [0.2, 0.25) is 5.91 Å². The summed E-state index contributed by atoms with van der Waals surface area (Å²) in [5.41, 5.74) is 0. The number of amides is 1. The zero-order chi connectivity index (χ0) is 9.26. The first-order chi connectivity index (χ1) is 6.31. The predicted octanol–water partition coefficient (Wildman–Crippen LogP) is 1.72. The van der Waals surface area contributed by atoms with Gasteiger partial charge in [-0.15, -0.1) is 0 Å². The van der Waals surface area contributed by atoms with Gasteiger partial charge < -0.3 is 5.32 Å². The molecule has 1 N–H and O–H groups in total. The van der Waals surface area contributed by atoms with Crippen molar-refractivity contribution >= 4 is 5.91 Å². The van der Waals surface area contributed by atoms with Crippen molar-refractivity contribution in [3.8, 4) is 0 Å². The van der Waals surface area contributed by atoms with E-state index >= 15 is 0 Å². The number of fused-ring (bicyclic) bond motifs is 2. The first-order valence-corrected chi connectivity index (χ1v) is 5.27. The summed E-state index contributed by atoms with van der Waals surface area (Å²) in [6.45, 7) is 2.91. The minimum atomic E-state index is 0.277. The van der Waals surface area contributed by atoms with Gasteiger partial charge in [0.1, 0.15) is 0 Å². The van der Waals surface area contributed by atoms with E-state index in [0.29, 0.717) is 11.8 Å². The molecule has 2 heteroatoms. The second-order valence-electron chi connectivity index (χ2n) is 4.18. The van der Waals surface area contributed by atoms with Crippen LogP contribution >= 0.6 is 0 Å². The molecule has 2 unspecified atom stereocenters. The summed E-state index contributed by atoms with van der Waals surface area (Å²) in [4.78, 5) is 11.6. The Morgan fingerprint density at radius 2 is 2.31 bits per heavy atom. The molecule has 72 valence electrons. The molecule has 2 aliphatic rings. The number of hydrogen-bond acceptors (Lipinski definition) is 1. The molecule has 2 nitrogen and oxygen atoms in total. The number of hydrogen-bond donors (Lipinski definition) is 1. The Kier molecular flexibility index (Phi) is 2.38. The van der Waals surface area contributed by atoms with E-state index in [9.17, 15) is 4.79 Å². The fourth-order valence-corrected chi connectivity index (χ4v) is 2.46. The number of allylic oxidation sites excluding steroid dienone is 2. The van der Waals surface area contributed by atoms with Crippen molar-refractivity contribution in [1.29, 1.82) is 0 Å². The monoisotopic (exact) mass is 179 g/mol. The summed E-state index contributed by atoms with van der Waals surface area (Å²) in [5, 5.41) is 2.99. The van der Waals surface area contributed by atoms with E-state index in [4.69, 9.17) is 0 Å². The molecule has 2 rings (SSSR count). The molecule has 0 radical (unpaired) electrons. The highest BCUT2D eigenvalue weighted by Crippen LogP contribution is 2.43. The van der Waals surface area contributed by atoms with Crippen LogP contribution in [0.2, 0.25) is 0 Å². The van der Waals surface area contributed by atoms with Gasteiger partial charge in [0.05, 0.1) is 0 Å². The molecular weight excluding hydrogens is 162 g/mol. The average Bonchev–Trinajstić information content (AvgIpc) is 2.74. The van der Waals surface area contributed by atoms with Crippen LogP contribution in [-0.2, 0) is 4.79 Å². The molecule has 13 heavy (non-hydrogen) atoms. The number of nitrogens with one attached hydrogen (secondary N) is 1. The summed E-state index contributed by atoms with van der Waals surface area (Å²) in [6.07, 6.45) is 7.82. The smallest absolute Gasteiger partial charge is 0.223 e. The highest BCUT2D eigenvalue weighted by Gasteiger charge is 2.39. The standard InChI is InChI=1S/C11H17NO/c1-2-5-12-11(13)10-7-8-3-4-9(10)6-8/h3-4,8-10H,2,5-7H2,1H3,(H,12,13)/t8?,9-,10?/m1/s1. The molecule has 3 atom stereocenters. The molecule has 1 saturated carbocycles. The van der Waals surface area contributed by atoms with Crippen LogP contribution in [0.4, 0.5) is 0 Å². The molecule has 0 aromatic carbocycles. The third-order valence-electron chi connectivity index (χ3n) is 3.16. The lowest BCUT2D eigenvalue weighted by Crippen LogP contribution is -2.33. The van der Waals surface area contributed by atoms with Gasteiger partial charge in [-0.2, -0.15) is 0 Å². The van der Waals surface area contributed by atoms with Crippen LogP contribution in [0, 0.1) is 17.8 Å². The first-order valence-electron chi connectivity index (χ1n) is 5.27. The van der Waals surface area contributed by atoms with Crippen LogP contribution in [0.1, 0.15) is 26.2 Å². The van der Waals surface area contributed by atoms with Crippen molar-refractivity contribution < 1.29 is 4.79 Å². The molecule has 0 saturated heterocycles. The van der Waals surface area contributed by atoms with Crippen LogP contribution in [0.15, 0.2) is 12.2 Å². The van der Waals surface area contributed by atoms with Gasteiger partial charge in [-0.05, 0) is 31.1 Å². The van der Waals surface area contributed by atoms with E-state index in [2.05, 4.69) is 24.4 Å². The lowest BCUT2D eigenvalue weighted by atomic mass is 9.93. The largest absolute Gasteiger partial charge is 0.356 e. The SMILES string of the molecule is CCCNC(=O)C1CC2C=C[C@@H]1C2. The van der Waals surface area contributed by atoms with Gasteiger partial charge in [-0.1, -0.05) is 19.1 Å². The Morgan fingerprint density at radius 1 is 1.46 bits per heavy atom. The van der Waals surface area contributed by atoms with Crippen molar-refractivity contribution in [3.05, 3.63) is 12.2 Å². The third-order valence-corrected chi connectivity index (χ3v) is 3.16. The highest BCUT2D eigenvalue weighted by atomic mass is 16.1. The van der Waals surface area contributed by atoms with Gasteiger partial charge in [0, 0.05) is 12.5 Å². The number of rotatable bonds is 3. The molecule has 0 heterocycles. The summed E-state index contributed by atoms with van der Waals surface area (Å²) in [5.74, 6) is 1.80. The summed E-state index contributed by atoms with van der Waals surface area (Å²) >= 11 is 0. The minimum Gasteiger partial charge on any atom is -0.356 e. The summed E-state index contributed by atoms with van der Waals surface area (Å²) in [6, 6.07) is 0. The van der Waals surface area contributed by atoms with Crippen molar-refractivity contribution in [2.75, 3.05) is 6.54 Å². The molecule has 0 spiro atoms. The highest BCUT2D eigenvalue weighted by molar-refractivity contribution is 5.79. The zero-order valence-electron chi connectivity index (χ0n) is 8.12. The Balaban J connectivity index is 1.88. The lowest BCUT2D eigenvalue weighted by molar-refractivity contribution is -0.125. The van der Waals surface area contributed by atoms with Crippen molar-refractivity contribution in [1.82, 2.24) is 5.32 Å². The average molecular weight is 179 g/mol. The van der Waals surface area contributed by atoms with Gasteiger partial charge in [-0.3, -0.25) is 4.79 Å². The lowest BCUT2D eigenvalue weighted by Gasteiger charge is -2.16. The van der Waals surface area contributed by atoms with E-state index in [1.165, 1.54) is 6.42 Å². The molecule has 1 amide bonds. The quantitative estimate of drug-likeness (QED) is 0.657. The Bertz CT molecular complexity index is 234. The minimum absolute atomic E-state index is 0.277. The number of carbonyl (C=O) groups is 1. The predicted molar refractivity (Wildman–Crippen MR) is 52.1 cm³/mol. The van der Waals surface area contributed by atoms with Crippen LogP contribution in [-0.4, -0.2) is 12.5 Å². The van der Waals surface area contributed by atoms with Gasteiger partial charge in [0.25, 0.3) is 0 Å². The van der Waals surface area contributed by atoms with Crippen LogP contribution < -0.4 is 5.32 Å². The fraction of sp³-hybridized carbons (Fsp3) is 0.727. The van der Waals surface area contributed by atoms with Crippen LogP contribution in [0.25, 0.3) is 0 Å². The molecule has 1 fully saturated rings. The van der Waals surface area contributed by atoms with E-state index in [1.807, 2.05) is 0 Å². The zero-order valence-corrected chi connectivity index (χ0v) is 8.12. The van der Waals surface area contributed by atoms with Crippen LogP contribution in [0.3, 0.4) is 0 Å². The molecule has 2 bridgehead atoms. The van der Waals surface area contributed by atoms with E-state index < -0.39 is 0 Å². The molecular formula is C11H17NO. The summed E-state index contributed by atoms with van der Waals surface area (Å²) in [7, 11) is 0. The van der Waals surface area contributed by atoms with E-state index in [-0.39, 0.29) is 11.8 Å². The fourth-order valence-electron chi connectivity index (χ4n) is 2.46. The maximum Gasteiger partial charge on any atom is 0.223 e. The second kappa shape index (κ2) is 3.52. The maximum atomic E-state index is 11.6. The van der Waals surface area contributed by atoms with Gasteiger partial charge in [0.15, 0.2) is 0 Å². The van der Waals surface area contributed by atoms with E-state index in [1.54, 1.807) is 0 Å². The van der Waals surface area contributed by atoms with E-state index in [0.717, 1.165) is 19.4 Å². The third kappa shape index (κ3) is 1.62. The molecule has 0 aromatic rings.